The molecule has 206 valence electrons. The van der Waals surface area contributed by atoms with Gasteiger partial charge in [-0.3, -0.25) is 19.2 Å². The fraction of sp³-hybridized carbons (Fsp3) is 0.519. The Hall–Kier alpha value is -3.57. The third kappa shape index (κ3) is 7.96. The second-order valence-corrected chi connectivity index (χ2v) is 10.1. The number of carbonyl (C=O) groups excluding carboxylic acids is 4. The van der Waals surface area contributed by atoms with E-state index in [9.17, 15) is 19.2 Å². The fourth-order valence-corrected chi connectivity index (χ4v) is 3.98. The highest BCUT2D eigenvalue weighted by atomic mass is 16.6. The Morgan fingerprint density at radius 2 is 1.66 bits per heavy atom. The van der Waals surface area contributed by atoms with Gasteiger partial charge in [-0.15, -0.1) is 0 Å². The summed E-state index contributed by atoms with van der Waals surface area (Å²) in [6, 6.07) is 7.72. The van der Waals surface area contributed by atoms with Gasteiger partial charge in [-0.2, -0.15) is 0 Å². The first kappa shape index (κ1) is 29.0. The molecule has 1 saturated heterocycles. The molecule has 0 spiro atoms. The number of aromatic nitrogens is 1. The number of rotatable bonds is 14. The number of benzene rings is 1. The third-order valence-electron chi connectivity index (χ3n) is 6.17. The van der Waals surface area contributed by atoms with Crippen LogP contribution >= 0.6 is 0 Å². The van der Waals surface area contributed by atoms with Gasteiger partial charge in [0.15, 0.2) is 11.5 Å². The van der Waals surface area contributed by atoms with Gasteiger partial charge in [0.25, 0.3) is 5.91 Å². The zero-order valence-corrected chi connectivity index (χ0v) is 22.4. The summed E-state index contributed by atoms with van der Waals surface area (Å²) in [6.45, 7) is 7.43. The second kappa shape index (κ2) is 12.8. The zero-order chi connectivity index (χ0) is 27.9. The van der Waals surface area contributed by atoms with Gasteiger partial charge in [0.2, 0.25) is 11.8 Å². The van der Waals surface area contributed by atoms with Crippen molar-refractivity contribution in [2.24, 2.45) is 5.92 Å². The molecule has 11 heteroatoms. The molecular weight excluding hydrogens is 492 g/mol. The minimum Gasteiger partial charge on any atom is -0.382 e. The van der Waals surface area contributed by atoms with Crippen molar-refractivity contribution in [2.45, 2.75) is 64.3 Å². The van der Waals surface area contributed by atoms with E-state index in [4.69, 9.17) is 14.0 Å². The van der Waals surface area contributed by atoms with Crippen LogP contribution < -0.4 is 16.0 Å². The number of nitrogens with one attached hydrogen (secondary N) is 3. The van der Waals surface area contributed by atoms with Gasteiger partial charge in [-0.1, -0.05) is 49.3 Å². The number of aryl methyl sites for hydroxylation is 1. The summed E-state index contributed by atoms with van der Waals surface area (Å²) in [7, 11) is 1.39. The van der Waals surface area contributed by atoms with E-state index in [1.807, 2.05) is 44.2 Å². The number of hydrogen-bond acceptors (Lipinski definition) is 8. The van der Waals surface area contributed by atoms with E-state index in [0.717, 1.165) is 5.56 Å². The second-order valence-electron chi connectivity index (χ2n) is 10.1. The van der Waals surface area contributed by atoms with Crippen molar-refractivity contribution in [3.8, 4) is 0 Å². The number of amides is 3. The van der Waals surface area contributed by atoms with E-state index in [-0.39, 0.29) is 30.4 Å². The molecule has 2 heterocycles. The van der Waals surface area contributed by atoms with Crippen LogP contribution in [0.2, 0.25) is 0 Å². The highest BCUT2D eigenvalue weighted by Crippen LogP contribution is 2.29. The van der Waals surface area contributed by atoms with Crippen molar-refractivity contribution in [1.29, 1.82) is 0 Å². The number of hydrogen-bond donors (Lipinski definition) is 3. The van der Waals surface area contributed by atoms with Crippen LogP contribution in [0, 0.1) is 12.8 Å². The van der Waals surface area contributed by atoms with Gasteiger partial charge in [0.05, 0.1) is 19.3 Å². The molecule has 3 amide bonds. The summed E-state index contributed by atoms with van der Waals surface area (Å²) in [5, 5.41) is 11.8. The maximum absolute atomic E-state index is 13.5. The summed E-state index contributed by atoms with van der Waals surface area (Å²) in [4.78, 5) is 52.4. The predicted molar refractivity (Wildman–Crippen MR) is 137 cm³/mol. The van der Waals surface area contributed by atoms with Crippen molar-refractivity contribution in [3.05, 3.63) is 53.4 Å². The summed E-state index contributed by atoms with van der Waals surface area (Å²) < 4.78 is 15.4. The number of Topliss-reactive ketones (excluding diaryl/α,β-unsaturated/α-hetero) is 1. The largest absolute Gasteiger partial charge is 0.382 e. The maximum Gasteiger partial charge on any atom is 0.274 e. The summed E-state index contributed by atoms with van der Waals surface area (Å²) >= 11 is 0. The Bertz CT molecular complexity index is 1130. The molecule has 38 heavy (non-hydrogen) atoms. The lowest BCUT2D eigenvalue weighted by molar-refractivity contribution is -0.133. The molecule has 1 aliphatic heterocycles. The molecule has 0 bridgehead atoms. The van der Waals surface area contributed by atoms with Crippen molar-refractivity contribution in [2.75, 3.05) is 20.3 Å². The van der Waals surface area contributed by atoms with Crippen LogP contribution in [0.1, 0.15) is 49.0 Å². The molecule has 1 aliphatic rings. The number of carbonyl (C=O) groups is 4. The Morgan fingerprint density at radius 3 is 2.21 bits per heavy atom. The molecule has 1 aromatic carbocycles. The van der Waals surface area contributed by atoms with Gasteiger partial charge in [-0.25, -0.2) is 0 Å². The van der Waals surface area contributed by atoms with Crippen LogP contribution in [0.5, 0.6) is 0 Å². The van der Waals surface area contributed by atoms with Crippen LogP contribution in [0.3, 0.4) is 0 Å². The van der Waals surface area contributed by atoms with Gasteiger partial charge in [-0.05, 0) is 31.7 Å². The van der Waals surface area contributed by atoms with Gasteiger partial charge >= 0.3 is 0 Å². The molecule has 4 atom stereocenters. The maximum atomic E-state index is 13.5. The quantitative estimate of drug-likeness (QED) is 0.311. The van der Waals surface area contributed by atoms with Crippen molar-refractivity contribution < 1.29 is 33.2 Å². The molecule has 0 aliphatic carbocycles. The number of nitrogens with zero attached hydrogens (tertiary/aromatic N) is 1. The highest BCUT2D eigenvalue weighted by molar-refractivity contribution is 5.99. The van der Waals surface area contributed by atoms with Crippen molar-refractivity contribution in [3.63, 3.8) is 0 Å². The molecule has 1 fully saturated rings. The molecular formula is C27H36N4O7. The van der Waals surface area contributed by atoms with Gasteiger partial charge < -0.3 is 29.9 Å². The van der Waals surface area contributed by atoms with Crippen LogP contribution in [0.15, 0.2) is 40.9 Å². The zero-order valence-electron chi connectivity index (χ0n) is 22.4. The van der Waals surface area contributed by atoms with E-state index in [1.165, 1.54) is 13.2 Å². The summed E-state index contributed by atoms with van der Waals surface area (Å²) in [5.41, 5.74) is -0.0819. The smallest absolute Gasteiger partial charge is 0.274 e. The third-order valence-corrected chi connectivity index (χ3v) is 6.17. The SMILES string of the molecule is COCC(NC(=O)c1cc(C)on1)C(=O)N[C@@H](Cc1ccccc1)C(=O)NC(CC(C)C)C(=O)[C@@]1(C)CO1. The average molecular weight is 529 g/mol. The summed E-state index contributed by atoms with van der Waals surface area (Å²) in [5.74, 6) is -1.38. The first-order valence-electron chi connectivity index (χ1n) is 12.6. The number of methoxy groups -OCH3 is 1. The van der Waals surface area contributed by atoms with E-state index >= 15 is 0 Å². The number of ketones is 1. The van der Waals surface area contributed by atoms with Crippen LogP contribution in [-0.4, -0.2) is 72.7 Å². The minimum atomic E-state index is -1.11. The highest BCUT2D eigenvalue weighted by Gasteiger charge is 2.50. The molecule has 11 nitrogen and oxygen atoms in total. The fourth-order valence-electron chi connectivity index (χ4n) is 3.98. The van der Waals surface area contributed by atoms with Crippen LogP contribution in [-0.2, 0) is 30.3 Å². The van der Waals surface area contributed by atoms with Crippen LogP contribution in [0.4, 0.5) is 0 Å². The van der Waals surface area contributed by atoms with Gasteiger partial charge in [0.1, 0.15) is 23.4 Å². The Kier molecular flexibility index (Phi) is 9.76. The lowest BCUT2D eigenvalue weighted by atomic mass is 9.93. The molecule has 2 unspecified atom stereocenters. The monoisotopic (exact) mass is 528 g/mol. The first-order valence-corrected chi connectivity index (χ1v) is 12.6. The van der Waals surface area contributed by atoms with E-state index in [2.05, 4.69) is 21.1 Å². The molecule has 1 aromatic heterocycles. The van der Waals surface area contributed by atoms with Gasteiger partial charge in [0, 0.05) is 19.6 Å². The summed E-state index contributed by atoms with van der Waals surface area (Å²) in [6.07, 6.45) is 0.597. The standard InChI is InChI=1S/C27H36N4O7/c1-16(2)11-19(23(32)27(4)15-37-27)28-24(33)20(13-18-9-7-6-8-10-18)29-26(35)22(14-36-5)30-25(34)21-12-17(3)38-31-21/h6-10,12,16,19-20,22H,11,13-15H2,1-5H3,(H,28,33)(H,29,35)(H,30,34)/t19?,20-,22?,27+/m0/s1. The molecule has 2 aromatic rings. The lowest BCUT2D eigenvalue weighted by Gasteiger charge is -2.26. The normalized spacial score (nSPS) is 18.8. The Morgan fingerprint density at radius 1 is 1.03 bits per heavy atom. The van der Waals surface area contributed by atoms with E-state index in [1.54, 1.807) is 13.8 Å². The van der Waals surface area contributed by atoms with Crippen LogP contribution in [0.25, 0.3) is 0 Å². The van der Waals surface area contributed by atoms with Crippen molar-refractivity contribution >= 4 is 23.5 Å². The average Bonchev–Trinajstić information content (AvgIpc) is 3.48. The minimum absolute atomic E-state index is 0.0146. The topological polar surface area (TPSA) is 152 Å². The molecule has 0 radical (unpaired) electrons. The Balaban J connectivity index is 1.78. The molecule has 3 N–H and O–H groups in total. The first-order chi connectivity index (χ1) is 18.0. The number of ether oxygens (including phenoxy) is 2. The molecule has 0 saturated carbocycles. The molecule has 3 rings (SSSR count). The predicted octanol–water partition coefficient (Wildman–Crippen LogP) is 1.34. The van der Waals surface area contributed by atoms with Crippen molar-refractivity contribution in [1.82, 2.24) is 21.1 Å². The lowest BCUT2D eigenvalue weighted by Crippen LogP contribution is -2.58. The Labute approximate surface area is 222 Å². The van der Waals surface area contributed by atoms with E-state index in [0.29, 0.717) is 18.8 Å². The number of epoxide rings is 1. The van der Waals surface area contributed by atoms with E-state index < -0.39 is 41.4 Å².